The molecule has 1 aliphatic heterocycles. The van der Waals surface area contributed by atoms with Crippen molar-refractivity contribution >= 4 is 17.1 Å². The lowest BCUT2D eigenvalue weighted by Gasteiger charge is -2.27. The predicted octanol–water partition coefficient (Wildman–Crippen LogP) is 3.06. The minimum absolute atomic E-state index is 0.162. The van der Waals surface area contributed by atoms with E-state index < -0.39 is 11.6 Å². The molecule has 0 aliphatic carbocycles. The summed E-state index contributed by atoms with van der Waals surface area (Å²) in [7, 11) is 0. The third-order valence-electron chi connectivity index (χ3n) is 5.30. The van der Waals surface area contributed by atoms with E-state index in [1.807, 2.05) is 17.0 Å². The second kappa shape index (κ2) is 7.79. The molecule has 0 radical (unpaired) electrons. The summed E-state index contributed by atoms with van der Waals surface area (Å²) < 4.78 is 29.7. The van der Waals surface area contributed by atoms with Crippen molar-refractivity contribution in [1.82, 2.24) is 14.9 Å². The Morgan fingerprint density at radius 3 is 2.97 bits per heavy atom. The number of pyridine rings is 1. The number of carbonyl (C=O) groups is 1. The lowest BCUT2D eigenvalue weighted by molar-refractivity contribution is 0.0924. The van der Waals surface area contributed by atoms with Gasteiger partial charge in [0.2, 0.25) is 0 Å². The summed E-state index contributed by atoms with van der Waals surface area (Å²) in [6.45, 7) is 2.25. The number of amides is 1. The molecule has 6 nitrogen and oxygen atoms in total. The molecule has 4 rings (SSSR count). The number of benzene rings is 1. The van der Waals surface area contributed by atoms with Crippen LogP contribution in [0.3, 0.4) is 0 Å². The molecule has 2 aromatic heterocycles. The number of aliphatic hydroxyl groups is 1. The zero-order chi connectivity index (χ0) is 20.5. The number of anilines is 1. The summed E-state index contributed by atoms with van der Waals surface area (Å²) >= 11 is 0. The molecule has 8 heteroatoms. The van der Waals surface area contributed by atoms with Gasteiger partial charge in [-0.15, -0.1) is 0 Å². The van der Waals surface area contributed by atoms with Crippen molar-refractivity contribution in [2.45, 2.75) is 31.8 Å². The van der Waals surface area contributed by atoms with Crippen molar-refractivity contribution in [3.8, 4) is 0 Å². The smallest absolute Gasteiger partial charge is 0.255 e. The Kier molecular flexibility index (Phi) is 5.19. The van der Waals surface area contributed by atoms with Gasteiger partial charge in [-0.1, -0.05) is 0 Å². The van der Waals surface area contributed by atoms with Crippen molar-refractivity contribution in [2.24, 2.45) is 0 Å². The number of carbonyl (C=O) groups excluding carboxylic acids is 1. The average Bonchev–Trinajstić information content (AvgIpc) is 3.36. The average molecular weight is 400 g/mol. The summed E-state index contributed by atoms with van der Waals surface area (Å²) in [6, 6.07) is 6.57. The van der Waals surface area contributed by atoms with Gasteiger partial charge in [-0.3, -0.25) is 4.79 Å². The van der Waals surface area contributed by atoms with Crippen molar-refractivity contribution in [3.63, 3.8) is 0 Å². The zero-order valence-electron chi connectivity index (χ0n) is 16.0. The second-order valence-corrected chi connectivity index (χ2v) is 7.35. The fourth-order valence-corrected chi connectivity index (χ4v) is 3.84. The molecule has 3 heterocycles. The van der Waals surface area contributed by atoms with E-state index in [1.54, 1.807) is 17.6 Å². The first-order chi connectivity index (χ1) is 14.0. The van der Waals surface area contributed by atoms with Gasteiger partial charge in [-0.2, -0.15) is 5.10 Å². The molecule has 0 bridgehead atoms. The van der Waals surface area contributed by atoms with Crippen LogP contribution in [0.25, 0.3) is 5.52 Å². The summed E-state index contributed by atoms with van der Waals surface area (Å²) in [4.78, 5) is 14.5. The van der Waals surface area contributed by atoms with Crippen LogP contribution in [0.15, 0.2) is 42.7 Å². The normalized spacial score (nSPS) is 17.7. The number of rotatable bonds is 5. The molecule has 2 N–H and O–H groups in total. The number of aliphatic hydroxyl groups excluding tert-OH is 1. The van der Waals surface area contributed by atoms with Gasteiger partial charge >= 0.3 is 0 Å². The fourth-order valence-electron chi connectivity index (χ4n) is 3.84. The monoisotopic (exact) mass is 400 g/mol. The molecule has 1 aromatic carbocycles. The highest BCUT2D eigenvalue weighted by molar-refractivity contribution is 6.01. The van der Waals surface area contributed by atoms with Crippen molar-refractivity contribution in [2.75, 3.05) is 18.1 Å². The van der Waals surface area contributed by atoms with E-state index in [9.17, 15) is 13.6 Å². The first-order valence-electron chi connectivity index (χ1n) is 9.58. The van der Waals surface area contributed by atoms with Gasteiger partial charge < -0.3 is 15.3 Å². The molecule has 1 amide bonds. The molecule has 1 aliphatic rings. The van der Waals surface area contributed by atoms with Gasteiger partial charge in [0.05, 0.1) is 29.9 Å². The van der Waals surface area contributed by atoms with Crippen LogP contribution in [-0.4, -0.2) is 39.8 Å². The van der Waals surface area contributed by atoms with Crippen LogP contribution in [-0.2, 0) is 0 Å². The van der Waals surface area contributed by atoms with Crippen LogP contribution in [0, 0.1) is 11.6 Å². The molecule has 0 spiro atoms. The number of nitrogens with zero attached hydrogens (tertiary/aromatic N) is 3. The number of halogens is 2. The molecule has 1 fully saturated rings. The molecule has 2 atom stereocenters. The van der Waals surface area contributed by atoms with Crippen molar-refractivity contribution in [1.29, 1.82) is 0 Å². The highest BCUT2D eigenvalue weighted by Gasteiger charge is 2.29. The zero-order valence-corrected chi connectivity index (χ0v) is 16.0. The van der Waals surface area contributed by atoms with Crippen LogP contribution < -0.4 is 10.2 Å². The quantitative estimate of drug-likeness (QED) is 0.691. The third-order valence-corrected chi connectivity index (χ3v) is 5.30. The maximum Gasteiger partial charge on any atom is 0.255 e. The van der Waals surface area contributed by atoms with E-state index in [-0.39, 0.29) is 24.6 Å². The highest BCUT2D eigenvalue weighted by Crippen LogP contribution is 2.38. The second-order valence-electron chi connectivity index (χ2n) is 7.35. The van der Waals surface area contributed by atoms with Gasteiger partial charge in [0.1, 0.15) is 11.6 Å². The van der Waals surface area contributed by atoms with E-state index in [0.29, 0.717) is 29.6 Å². The SMILES string of the molecule is CC(CO)NC(=O)c1cnn2ccc(N3CCCC3c3cc(F)ccc3F)cc12. The Balaban J connectivity index is 1.69. The Hall–Kier alpha value is -3.00. The van der Waals surface area contributed by atoms with Crippen molar-refractivity contribution < 1.29 is 18.7 Å². The molecule has 0 saturated carbocycles. The summed E-state index contributed by atoms with van der Waals surface area (Å²) in [5.74, 6) is -1.21. The number of nitrogens with one attached hydrogen (secondary N) is 1. The predicted molar refractivity (Wildman–Crippen MR) is 105 cm³/mol. The Morgan fingerprint density at radius 1 is 1.34 bits per heavy atom. The Morgan fingerprint density at radius 2 is 2.17 bits per heavy atom. The first kappa shape index (κ1) is 19.3. The molecular weight excluding hydrogens is 378 g/mol. The van der Waals surface area contributed by atoms with Crippen LogP contribution in [0.4, 0.5) is 14.5 Å². The van der Waals surface area contributed by atoms with Crippen LogP contribution in [0.1, 0.15) is 41.7 Å². The van der Waals surface area contributed by atoms with E-state index in [2.05, 4.69) is 10.4 Å². The number of fused-ring (bicyclic) bond motifs is 1. The van der Waals surface area contributed by atoms with E-state index in [0.717, 1.165) is 24.2 Å². The lowest BCUT2D eigenvalue weighted by Crippen LogP contribution is -2.34. The van der Waals surface area contributed by atoms with E-state index in [4.69, 9.17) is 5.11 Å². The van der Waals surface area contributed by atoms with Gasteiger partial charge in [-0.05, 0) is 50.1 Å². The maximum atomic E-state index is 14.4. The summed E-state index contributed by atoms with van der Waals surface area (Å²) in [5, 5.41) is 16.1. The van der Waals surface area contributed by atoms with Crippen molar-refractivity contribution in [3.05, 3.63) is 65.5 Å². The lowest BCUT2D eigenvalue weighted by atomic mass is 10.0. The number of hydrogen-bond acceptors (Lipinski definition) is 4. The molecule has 152 valence electrons. The number of aromatic nitrogens is 2. The van der Waals surface area contributed by atoms with Crippen LogP contribution in [0.5, 0.6) is 0 Å². The minimum Gasteiger partial charge on any atom is -0.394 e. The Bertz CT molecular complexity index is 1050. The van der Waals surface area contributed by atoms with E-state index >= 15 is 0 Å². The molecular formula is C21H22F2N4O2. The number of hydrogen-bond donors (Lipinski definition) is 2. The highest BCUT2D eigenvalue weighted by atomic mass is 19.1. The maximum absolute atomic E-state index is 14.4. The fraction of sp³-hybridized carbons (Fsp3) is 0.333. The summed E-state index contributed by atoms with van der Waals surface area (Å²) in [5.41, 5.74) is 2.15. The summed E-state index contributed by atoms with van der Waals surface area (Å²) in [6.07, 6.45) is 4.79. The minimum atomic E-state index is -0.462. The van der Waals surface area contributed by atoms with Gasteiger partial charge in [0.15, 0.2) is 0 Å². The standard InChI is InChI=1S/C21H22F2N4O2/c1-13(12-28)25-21(29)17-11-24-27-8-6-15(10-20(17)27)26-7-2-3-19(26)16-9-14(22)4-5-18(16)23/h4-6,8-11,13,19,28H,2-3,7,12H2,1H3,(H,25,29). The Labute approximate surface area is 166 Å². The molecule has 2 unspecified atom stereocenters. The topological polar surface area (TPSA) is 69.9 Å². The molecule has 1 saturated heterocycles. The van der Waals surface area contributed by atoms with E-state index in [1.165, 1.54) is 12.3 Å². The van der Waals surface area contributed by atoms with Gasteiger partial charge in [0.25, 0.3) is 5.91 Å². The molecule has 29 heavy (non-hydrogen) atoms. The van der Waals surface area contributed by atoms with Gasteiger partial charge in [0, 0.05) is 30.0 Å². The van der Waals surface area contributed by atoms with Crippen LogP contribution in [0.2, 0.25) is 0 Å². The van der Waals surface area contributed by atoms with Gasteiger partial charge in [-0.25, -0.2) is 13.3 Å². The largest absolute Gasteiger partial charge is 0.394 e. The first-order valence-corrected chi connectivity index (χ1v) is 9.58. The van der Waals surface area contributed by atoms with Crippen LogP contribution >= 0.6 is 0 Å². The molecule has 3 aromatic rings. The third kappa shape index (κ3) is 3.67.